The molecule has 4 rings (SSSR count). The zero-order chi connectivity index (χ0) is 24.3. The first-order valence-electron chi connectivity index (χ1n) is 11.2. The van der Waals surface area contributed by atoms with E-state index in [2.05, 4.69) is 28.9 Å². The van der Waals surface area contributed by atoms with E-state index in [1.54, 1.807) is 24.3 Å². The molecular formula is C26H29N3O4S. The number of nitrogens with zero attached hydrogens (tertiary/aromatic N) is 2. The molecular weight excluding hydrogens is 450 g/mol. The lowest BCUT2D eigenvalue weighted by Gasteiger charge is -2.24. The predicted molar refractivity (Wildman–Crippen MR) is 138 cm³/mol. The van der Waals surface area contributed by atoms with Crippen molar-refractivity contribution in [3.05, 3.63) is 66.7 Å². The highest BCUT2D eigenvalue weighted by Crippen LogP contribution is 2.32. The molecule has 0 bridgehead atoms. The van der Waals surface area contributed by atoms with Crippen LogP contribution in [0.1, 0.15) is 19.8 Å². The minimum absolute atomic E-state index is 0.160. The second kappa shape index (κ2) is 9.77. The number of aryl methyl sites for hydroxylation is 1. The Morgan fingerprint density at radius 1 is 1.00 bits per heavy atom. The molecule has 0 fully saturated rings. The second-order valence-electron chi connectivity index (χ2n) is 8.15. The van der Waals surface area contributed by atoms with Crippen molar-refractivity contribution in [2.24, 2.45) is 0 Å². The van der Waals surface area contributed by atoms with Crippen LogP contribution in [0.15, 0.2) is 66.7 Å². The third-order valence-corrected chi connectivity index (χ3v) is 7.07. The Bertz CT molecular complexity index is 1440. The molecule has 8 heteroatoms. The SMILES string of the molecule is CCn1c2ccccc2c2cc(NC(=O)CCCN(c3ccccc3OC)S(C)(=O)=O)ccc21. The molecule has 1 amide bonds. The van der Waals surface area contributed by atoms with E-state index in [1.165, 1.54) is 16.9 Å². The minimum atomic E-state index is -3.53. The van der Waals surface area contributed by atoms with Crippen LogP contribution in [0.5, 0.6) is 5.75 Å². The van der Waals surface area contributed by atoms with E-state index in [4.69, 9.17) is 4.74 Å². The highest BCUT2D eigenvalue weighted by atomic mass is 32.2. The summed E-state index contributed by atoms with van der Waals surface area (Å²) < 4.78 is 33.6. The number of rotatable bonds is 9. The topological polar surface area (TPSA) is 80.6 Å². The number of hydrogen-bond acceptors (Lipinski definition) is 4. The Morgan fingerprint density at radius 3 is 2.44 bits per heavy atom. The van der Waals surface area contributed by atoms with Gasteiger partial charge < -0.3 is 14.6 Å². The lowest BCUT2D eigenvalue weighted by atomic mass is 10.1. The molecule has 0 aliphatic carbocycles. The summed E-state index contributed by atoms with van der Waals surface area (Å²) >= 11 is 0. The van der Waals surface area contributed by atoms with Gasteiger partial charge in [0.15, 0.2) is 0 Å². The van der Waals surface area contributed by atoms with Gasteiger partial charge in [-0.15, -0.1) is 0 Å². The van der Waals surface area contributed by atoms with Crippen molar-refractivity contribution in [1.82, 2.24) is 4.57 Å². The van der Waals surface area contributed by atoms with E-state index in [0.717, 1.165) is 34.8 Å². The summed E-state index contributed by atoms with van der Waals surface area (Å²) in [5.41, 5.74) is 3.48. The zero-order valence-electron chi connectivity index (χ0n) is 19.6. The Morgan fingerprint density at radius 2 is 1.71 bits per heavy atom. The van der Waals surface area contributed by atoms with Gasteiger partial charge in [0.25, 0.3) is 0 Å². The van der Waals surface area contributed by atoms with Gasteiger partial charge in [0, 0.05) is 47.0 Å². The van der Waals surface area contributed by atoms with Gasteiger partial charge in [0.05, 0.1) is 19.1 Å². The van der Waals surface area contributed by atoms with Crippen LogP contribution in [0.4, 0.5) is 11.4 Å². The summed E-state index contributed by atoms with van der Waals surface area (Å²) in [7, 11) is -2.03. The quantitative estimate of drug-likeness (QED) is 0.366. The molecule has 0 unspecified atom stereocenters. The summed E-state index contributed by atoms with van der Waals surface area (Å²) in [6, 6.07) is 21.1. The first-order valence-corrected chi connectivity index (χ1v) is 13.1. The monoisotopic (exact) mass is 479 g/mol. The van der Waals surface area contributed by atoms with E-state index < -0.39 is 10.0 Å². The highest BCUT2D eigenvalue weighted by molar-refractivity contribution is 7.92. The molecule has 4 aromatic rings. The number of carbonyl (C=O) groups excluding carboxylic acids is 1. The van der Waals surface area contributed by atoms with E-state index >= 15 is 0 Å². The molecule has 0 spiro atoms. The summed E-state index contributed by atoms with van der Waals surface area (Å²) in [4.78, 5) is 12.7. The number of benzene rings is 3. The fourth-order valence-corrected chi connectivity index (χ4v) is 5.35. The van der Waals surface area contributed by atoms with Crippen molar-refractivity contribution in [2.45, 2.75) is 26.3 Å². The number of fused-ring (bicyclic) bond motifs is 3. The van der Waals surface area contributed by atoms with Gasteiger partial charge >= 0.3 is 0 Å². The van der Waals surface area contributed by atoms with Gasteiger partial charge in [-0.05, 0) is 49.7 Å². The van der Waals surface area contributed by atoms with Gasteiger partial charge in [-0.1, -0.05) is 30.3 Å². The van der Waals surface area contributed by atoms with Gasteiger partial charge in [-0.3, -0.25) is 9.10 Å². The minimum Gasteiger partial charge on any atom is -0.495 e. The molecule has 0 saturated heterocycles. The Balaban J connectivity index is 1.47. The number of carbonyl (C=O) groups is 1. The van der Waals surface area contributed by atoms with Crippen molar-refractivity contribution >= 4 is 49.1 Å². The Labute approximate surface area is 200 Å². The highest BCUT2D eigenvalue weighted by Gasteiger charge is 2.21. The number of methoxy groups -OCH3 is 1. The van der Waals surface area contributed by atoms with Gasteiger partial charge in [-0.2, -0.15) is 0 Å². The maximum atomic E-state index is 12.7. The Hall–Kier alpha value is -3.52. The van der Waals surface area contributed by atoms with Crippen LogP contribution in [0.3, 0.4) is 0 Å². The molecule has 0 atom stereocenters. The largest absolute Gasteiger partial charge is 0.495 e. The summed E-state index contributed by atoms with van der Waals surface area (Å²) in [5, 5.41) is 5.20. The average molecular weight is 480 g/mol. The van der Waals surface area contributed by atoms with Crippen LogP contribution in [-0.4, -0.2) is 38.8 Å². The van der Waals surface area contributed by atoms with E-state index in [-0.39, 0.29) is 18.9 Å². The van der Waals surface area contributed by atoms with Crippen molar-refractivity contribution < 1.29 is 17.9 Å². The number of anilines is 2. The second-order valence-corrected chi connectivity index (χ2v) is 10.1. The van der Waals surface area contributed by atoms with E-state index in [1.807, 2.05) is 30.3 Å². The summed E-state index contributed by atoms with van der Waals surface area (Å²) in [6.45, 7) is 3.15. The molecule has 3 aromatic carbocycles. The third kappa shape index (κ3) is 4.72. The fraction of sp³-hybridized carbons (Fsp3) is 0.269. The number of para-hydroxylation sites is 3. The van der Waals surface area contributed by atoms with E-state index in [0.29, 0.717) is 17.9 Å². The van der Waals surface area contributed by atoms with Crippen LogP contribution in [0.2, 0.25) is 0 Å². The standard InChI is InChI=1S/C26H29N3O4S/c1-4-28-22-11-6-5-10-20(22)21-18-19(15-16-23(21)28)27-26(30)14-9-17-29(34(3,31)32)24-12-7-8-13-25(24)33-2/h5-8,10-13,15-16,18H,4,9,14,17H2,1-3H3,(H,27,30). The molecule has 0 aliphatic rings. The van der Waals surface area contributed by atoms with Crippen molar-refractivity contribution in [2.75, 3.05) is 29.5 Å². The molecule has 34 heavy (non-hydrogen) atoms. The molecule has 0 saturated carbocycles. The third-order valence-electron chi connectivity index (χ3n) is 5.89. The van der Waals surface area contributed by atoms with Crippen LogP contribution >= 0.6 is 0 Å². The fourth-order valence-electron chi connectivity index (χ4n) is 4.38. The molecule has 1 N–H and O–H groups in total. The first-order chi connectivity index (χ1) is 16.3. The van der Waals surface area contributed by atoms with Crippen LogP contribution in [-0.2, 0) is 21.4 Å². The number of nitrogens with one attached hydrogen (secondary N) is 1. The van der Waals surface area contributed by atoms with Crippen LogP contribution in [0, 0.1) is 0 Å². The van der Waals surface area contributed by atoms with E-state index in [9.17, 15) is 13.2 Å². The maximum absolute atomic E-state index is 12.7. The molecule has 7 nitrogen and oxygen atoms in total. The smallest absolute Gasteiger partial charge is 0.232 e. The normalized spacial score (nSPS) is 11.6. The molecule has 1 aromatic heterocycles. The predicted octanol–water partition coefficient (Wildman–Crippen LogP) is 5.01. The lowest BCUT2D eigenvalue weighted by Crippen LogP contribution is -2.31. The molecule has 0 aliphatic heterocycles. The lowest BCUT2D eigenvalue weighted by molar-refractivity contribution is -0.116. The molecule has 1 heterocycles. The maximum Gasteiger partial charge on any atom is 0.232 e. The van der Waals surface area contributed by atoms with Gasteiger partial charge in [-0.25, -0.2) is 8.42 Å². The average Bonchev–Trinajstić information content (AvgIpc) is 3.14. The van der Waals surface area contributed by atoms with Crippen molar-refractivity contribution in [1.29, 1.82) is 0 Å². The summed E-state index contributed by atoms with van der Waals surface area (Å²) in [6.07, 6.45) is 1.71. The van der Waals surface area contributed by atoms with Gasteiger partial charge in [0.1, 0.15) is 5.75 Å². The Kier molecular flexibility index (Phi) is 6.79. The van der Waals surface area contributed by atoms with Crippen molar-refractivity contribution in [3.63, 3.8) is 0 Å². The summed E-state index contributed by atoms with van der Waals surface area (Å²) in [5.74, 6) is 0.309. The van der Waals surface area contributed by atoms with Crippen molar-refractivity contribution in [3.8, 4) is 5.75 Å². The number of aromatic nitrogens is 1. The van der Waals surface area contributed by atoms with Crippen LogP contribution in [0.25, 0.3) is 21.8 Å². The van der Waals surface area contributed by atoms with Crippen LogP contribution < -0.4 is 14.4 Å². The zero-order valence-corrected chi connectivity index (χ0v) is 20.4. The molecule has 178 valence electrons. The molecule has 0 radical (unpaired) electrons. The number of amides is 1. The number of sulfonamides is 1. The first kappa shape index (κ1) is 23.6. The van der Waals surface area contributed by atoms with Gasteiger partial charge in [0.2, 0.25) is 15.9 Å². The number of ether oxygens (including phenoxy) is 1. The number of hydrogen-bond donors (Lipinski definition) is 1.